The predicted octanol–water partition coefficient (Wildman–Crippen LogP) is 23.7. The van der Waals surface area contributed by atoms with E-state index < -0.39 is 47.1 Å². The van der Waals surface area contributed by atoms with Crippen molar-refractivity contribution in [2.75, 3.05) is 9.80 Å². The van der Waals surface area contributed by atoms with Crippen molar-refractivity contribution in [2.45, 2.75) is 37.0 Å². The summed E-state index contributed by atoms with van der Waals surface area (Å²) in [5, 5.41) is 10.6. The Morgan fingerprint density at radius 3 is 1.27 bits per heavy atom. The number of aromatic nitrogens is 1. The molecule has 2 spiro atoms. The third-order valence-electron chi connectivity index (χ3n) is 24.5. The summed E-state index contributed by atoms with van der Waals surface area (Å²) in [4.78, 5) is 4.96. The Labute approximate surface area is 638 Å². The normalized spacial score (nSPS) is 15.1. The summed E-state index contributed by atoms with van der Waals surface area (Å²) in [6, 6.07) is 113. The van der Waals surface area contributed by atoms with E-state index in [0.717, 1.165) is 89.5 Å². The van der Waals surface area contributed by atoms with Crippen molar-refractivity contribution in [1.82, 2.24) is 4.57 Å². The maximum atomic E-state index is 10.6. The summed E-state index contributed by atoms with van der Waals surface area (Å²) in [5.74, 6) is 0. The molecule has 0 radical (unpaired) electrons. The maximum absolute atomic E-state index is 10.6. The largest absolute Gasteiger partial charge is 0.311 e. The summed E-state index contributed by atoms with van der Waals surface area (Å²) in [5.41, 5.74) is 34.1. The van der Waals surface area contributed by atoms with Gasteiger partial charge in [0.05, 0.1) is 54.5 Å². The molecule has 6 aliphatic rings. The molecule has 0 fully saturated rings. The van der Waals surface area contributed by atoms with Crippen LogP contribution in [0.5, 0.6) is 0 Å². The van der Waals surface area contributed by atoms with Gasteiger partial charge < -0.3 is 14.4 Å². The van der Waals surface area contributed by atoms with E-state index in [1.54, 1.807) is 4.57 Å². The molecule has 4 aliphatic carbocycles. The van der Waals surface area contributed by atoms with Crippen molar-refractivity contribution < 1.29 is 9.60 Å². The van der Waals surface area contributed by atoms with Crippen molar-refractivity contribution >= 4 is 79.0 Å². The minimum absolute atomic E-state index is 0.00140. The molecule has 16 aromatic carbocycles. The smallest absolute Gasteiger partial charge is 0.252 e. The lowest BCUT2D eigenvalue weighted by molar-refractivity contribution is 0.590. The van der Waals surface area contributed by atoms with E-state index in [2.05, 4.69) is 334 Å². The van der Waals surface area contributed by atoms with Crippen LogP contribution < -0.4 is 26.2 Å². The molecule has 0 atom stereocenters. The third-order valence-corrected chi connectivity index (χ3v) is 24.5. The minimum Gasteiger partial charge on any atom is -0.311 e. The highest BCUT2D eigenvalue weighted by Gasteiger charge is 2.54. The first-order chi connectivity index (χ1) is 56.1. The molecule has 502 valence electrons. The standard InChI is InChI=1S/C103H67BN4/c1-101(2,3)68-59-98-100-99(60-68)108(93-43-23-14-28-71(93)67-47-51-79-77-34-12-21-41-87(77)103(89(79)57-67)84-38-18-9-31-74(84)75-32-10-19-39-85(75)103)97-61-69(106-94-44-24-15-35-80(94)81-55-63(62-105)45-53-95(81)106)49-52-90(97)104(100)91-58-65(64-25-5-4-6-26-64)48-54-96(91)107(98)92-42-22-13-27-70(92)66-46-50-78-76-33-11-20-40-86(76)102(88(78)56-66)82-36-16-7-29-72(82)73-30-8-17-37-83(73)102/h4-61H,1-3H3/i15D,24D,35D,44D,45D,53D,55D. The van der Waals surface area contributed by atoms with E-state index in [0.29, 0.717) is 5.69 Å². The van der Waals surface area contributed by atoms with Crippen LogP contribution in [0, 0.1) is 11.3 Å². The molecule has 17 aromatic rings. The zero-order chi connectivity index (χ0) is 77.6. The summed E-state index contributed by atoms with van der Waals surface area (Å²) in [7, 11) is 0. The van der Waals surface area contributed by atoms with Crippen LogP contribution in [-0.4, -0.2) is 11.3 Å². The quantitative estimate of drug-likeness (QED) is 0.156. The lowest BCUT2D eigenvalue weighted by Gasteiger charge is -2.46. The monoisotopic (exact) mass is 1380 g/mol. The molecule has 0 N–H and O–H groups in total. The van der Waals surface area contributed by atoms with Crippen LogP contribution in [0.4, 0.5) is 34.1 Å². The van der Waals surface area contributed by atoms with Crippen molar-refractivity contribution in [1.29, 1.82) is 5.26 Å². The van der Waals surface area contributed by atoms with Crippen LogP contribution in [0.2, 0.25) is 0 Å². The number of hydrogen-bond acceptors (Lipinski definition) is 3. The van der Waals surface area contributed by atoms with Crippen LogP contribution in [0.1, 0.15) is 86.0 Å². The highest BCUT2D eigenvalue weighted by Crippen LogP contribution is 2.66. The van der Waals surface area contributed by atoms with E-state index in [1.165, 1.54) is 89.0 Å². The topological polar surface area (TPSA) is 35.2 Å². The van der Waals surface area contributed by atoms with Gasteiger partial charge >= 0.3 is 0 Å². The van der Waals surface area contributed by atoms with Gasteiger partial charge in [-0.3, -0.25) is 0 Å². The van der Waals surface area contributed by atoms with Gasteiger partial charge in [0.1, 0.15) is 0 Å². The number of anilines is 6. The van der Waals surface area contributed by atoms with E-state index in [-0.39, 0.29) is 45.5 Å². The minimum atomic E-state index is -0.643. The van der Waals surface area contributed by atoms with Crippen molar-refractivity contribution in [3.63, 3.8) is 0 Å². The summed E-state index contributed by atoms with van der Waals surface area (Å²) >= 11 is 0. The molecule has 0 saturated carbocycles. The van der Waals surface area contributed by atoms with Gasteiger partial charge in [-0.1, -0.05) is 294 Å². The Bertz CT molecular complexity index is 7180. The molecule has 0 unspecified atom stereocenters. The molecular weight excluding hydrogens is 1300 g/mol. The average molecular weight is 1380 g/mol. The molecule has 108 heavy (non-hydrogen) atoms. The number of hydrogen-bond donors (Lipinski definition) is 0. The van der Waals surface area contributed by atoms with Gasteiger partial charge in [-0.2, -0.15) is 5.26 Å². The molecule has 0 amide bonds. The Morgan fingerprint density at radius 2 is 0.769 bits per heavy atom. The van der Waals surface area contributed by atoms with Crippen LogP contribution in [-0.2, 0) is 16.2 Å². The zero-order valence-electron chi connectivity index (χ0n) is 66.3. The first-order valence-electron chi connectivity index (χ1n) is 40.7. The molecule has 1 aromatic heterocycles. The fraction of sp³-hybridized carbons (Fsp3) is 0.0583. The van der Waals surface area contributed by atoms with Gasteiger partial charge in [-0.05, 0) is 217 Å². The SMILES string of the molecule is [2H]c1c([2H])c([2H])c2c(c1[2H])c1c([2H])c(C#N)c([2H])c([2H])c1n2-c1ccc2c(c1)N(c1ccccc1-c1ccc3c(c1)C1(c4ccccc4-c4ccccc41)c1ccccc1-3)c1cc(C(C)(C)C)cc3c1B2c1cc(-c2ccccc2)ccc1N3c1ccccc1-c1ccc2c(c1)C1(c3ccccc3-c3ccccc31)c1ccccc1-2. The average Bonchev–Trinajstić information content (AvgIpc) is 1.50. The second-order valence-corrected chi connectivity index (χ2v) is 30.6. The Balaban J connectivity index is 0.815. The van der Waals surface area contributed by atoms with Gasteiger partial charge in [0.25, 0.3) is 6.71 Å². The highest BCUT2D eigenvalue weighted by atomic mass is 15.2. The van der Waals surface area contributed by atoms with Crippen molar-refractivity contribution in [3.05, 3.63) is 407 Å². The molecule has 0 saturated heterocycles. The summed E-state index contributed by atoms with van der Waals surface area (Å²) in [6.45, 7) is 6.38. The Kier molecular flexibility index (Phi) is 11.2. The summed E-state index contributed by atoms with van der Waals surface area (Å²) in [6.07, 6.45) is 0. The highest BCUT2D eigenvalue weighted by molar-refractivity contribution is 7.00. The lowest BCUT2D eigenvalue weighted by Crippen LogP contribution is -2.61. The molecule has 2 aliphatic heterocycles. The van der Waals surface area contributed by atoms with Crippen LogP contribution >= 0.6 is 0 Å². The first kappa shape index (κ1) is 54.1. The molecule has 0 bridgehead atoms. The number of nitrogens with zero attached hydrogens (tertiary/aromatic N) is 4. The second kappa shape index (κ2) is 22.3. The van der Waals surface area contributed by atoms with Crippen LogP contribution in [0.15, 0.2) is 352 Å². The third kappa shape index (κ3) is 8.03. The van der Waals surface area contributed by atoms with E-state index in [1.807, 2.05) is 12.1 Å². The number of nitriles is 1. The Hall–Kier alpha value is -13.5. The number of benzene rings is 16. The van der Waals surface area contributed by atoms with Crippen LogP contribution in [0.25, 0.3) is 105 Å². The summed E-state index contributed by atoms with van der Waals surface area (Å²) < 4.78 is 68.5. The van der Waals surface area contributed by atoms with Gasteiger partial charge in [0.15, 0.2) is 0 Å². The van der Waals surface area contributed by atoms with Crippen LogP contribution in [0.3, 0.4) is 0 Å². The molecule has 4 nitrogen and oxygen atoms in total. The molecule has 3 heterocycles. The molecule has 5 heteroatoms. The first-order valence-corrected chi connectivity index (χ1v) is 37.2. The van der Waals surface area contributed by atoms with Crippen molar-refractivity contribution in [3.8, 4) is 89.6 Å². The fourth-order valence-corrected chi connectivity index (χ4v) is 20.1. The van der Waals surface area contributed by atoms with Gasteiger partial charge in [0, 0.05) is 50.3 Å². The van der Waals surface area contributed by atoms with Gasteiger partial charge in [0.2, 0.25) is 0 Å². The Morgan fingerprint density at radius 1 is 0.333 bits per heavy atom. The van der Waals surface area contributed by atoms with Gasteiger partial charge in [-0.15, -0.1) is 0 Å². The van der Waals surface area contributed by atoms with E-state index in [9.17, 15) is 13.5 Å². The van der Waals surface area contributed by atoms with Gasteiger partial charge in [-0.25, -0.2) is 0 Å². The fourth-order valence-electron chi connectivity index (χ4n) is 20.1. The molecular formula is C103H67BN4. The zero-order valence-corrected chi connectivity index (χ0v) is 59.3. The second-order valence-electron chi connectivity index (χ2n) is 30.6. The maximum Gasteiger partial charge on any atom is 0.252 e. The van der Waals surface area contributed by atoms with E-state index in [4.69, 9.17) is 1.37 Å². The number of para-hydroxylation sites is 3. The van der Waals surface area contributed by atoms with Crippen molar-refractivity contribution in [2.24, 2.45) is 0 Å². The number of fused-ring (bicyclic) bond motifs is 27. The molecule has 23 rings (SSSR count). The number of rotatable bonds is 6. The van der Waals surface area contributed by atoms with E-state index >= 15 is 0 Å². The predicted molar refractivity (Wildman–Crippen MR) is 447 cm³/mol. The lowest BCUT2D eigenvalue weighted by atomic mass is 9.33.